The number of para-hydroxylation sites is 1. The summed E-state index contributed by atoms with van der Waals surface area (Å²) in [6.45, 7) is 4.82. The van der Waals surface area contributed by atoms with Gasteiger partial charge in [-0.05, 0) is 60.9 Å². The monoisotopic (exact) mass is 472 g/mol. The van der Waals surface area contributed by atoms with Crippen molar-refractivity contribution in [1.29, 1.82) is 0 Å². The molecule has 4 aromatic rings. The molecule has 7 nitrogen and oxygen atoms in total. The van der Waals surface area contributed by atoms with Gasteiger partial charge >= 0.3 is 5.97 Å². The molecule has 5 rings (SSSR count). The molecule has 1 unspecified atom stereocenters. The number of nitrogens with zero attached hydrogens (tertiary/aromatic N) is 3. The molecule has 0 saturated heterocycles. The van der Waals surface area contributed by atoms with Gasteiger partial charge in [-0.25, -0.2) is 14.2 Å². The Morgan fingerprint density at radius 2 is 1.86 bits per heavy atom. The zero-order chi connectivity index (χ0) is 24.9. The lowest BCUT2D eigenvalue weighted by Gasteiger charge is -2.23. The van der Waals surface area contributed by atoms with Gasteiger partial charge in [0.2, 0.25) is 5.95 Å². The van der Waals surface area contributed by atoms with E-state index < -0.39 is 5.97 Å². The lowest BCUT2D eigenvalue weighted by Crippen LogP contribution is -2.28. The van der Waals surface area contributed by atoms with E-state index in [1.54, 1.807) is 37.4 Å². The number of benzene rings is 3. The van der Waals surface area contributed by atoms with Crippen LogP contribution in [0.1, 0.15) is 45.6 Å². The molecule has 178 valence electrons. The molecule has 0 radical (unpaired) electrons. The normalized spacial score (nSPS) is 13.7. The van der Waals surface area contributed by atoms with E-state index in [4.69, 9.17) is 4.98 Å². The molecule has 0 spiro atoms. The second-order valence-corrected chi connectivity index (χ2v) is 9.01. The maximum absolute atomic E-state index is 13.7. The molecule has 0 fully saturated rings. The molecule has 1 atom stereocenters. The number of aromatic carboxylic acids is 1. The molecule has 0 bridgehead atoms. The van der Waals surface area contributed by atoms with Crippen molar-refractivity contribution in [1.82, 2.24) is 9.55 Å². The average Bonchev–Trinajstić information content (AvgIpc) is 3.24. The number of anilines is 2. The molecule has 35 heavy (non-hydrogen) atoms. The molecule has 2 N–H and O–H groups in total. The molecule has 0 amide bonds. The summed E-state index contributed by atoms with van der Waals surface area (Å²) in [7, 11) is 1.69. The maximum Gasteiger partial charge on any atom is 0.337 e. The summed E-state index contributed by atoms with van der Waals surface area (Å²) in [5.41, 5.74) is 4.63. The molecule has 1 aliphatic heterocycles. The van der Waals surface area contributed by atoms with E-state index >= 15 is 0 Å². The number of aryl methyl sites for hydroxylation is 1. The molecular formula is C27H25FN4O3. The van der Waals surface area contributed by atoms with Crippen LogP contribution in [0.3, 0.4) is 0 Å². The molecule has 2 heterocycles. The van der Waals surface area contributed by atoms with Crippen molar-refractivity contribution in [3.05, 3.63) is 98.6 Å². The van der Waals surface area contributed by atoms with Crippen LogP contribution < -0.4 is 15.8 Å². The lowest BCUT2D eigenvalue weighted by atomic mass is 10.0. The van der Waals surface area contributed by atoms with E-state index in [-0.39, 0.29) is 23.0 Å². The summed E-state index contributed by atoms with van der Waals surface area (Å²) < 4.78 is 15.3. The molecular weight excluding hydrogens is 447 g/mol. The van der Waals surface area contributed by atoms with Gasteiger partial charge in [0.05, 0.1) is 22.5 Å². The first kappa shape index (κ1) is 22.6. The smallest absolute Gasteiger partial charge is 0.337 e. The lowest BCUT2D eigenvalue weighted by molar-refractivity contribution is 0.0698. The molecule has 1 aliphatic rings. The van der Waals surface area contributed by atoms with Gasteiger partial charge in [0, 0.05) is 31.4 Å². The first-order valence-corrected chi connectivity index (χ1v) is 11.4. The standard InChI is InChI=1S/C27H25FN4O3/c1-15-10-21(16(2)29-23-7-5-4-6-20(23)26(34)35)24-22(11-15)25(33)31(3)27(30-24)32-13-17-8-9-19(28)12-18(17)14-32/h4-12,16,29H,13-14H2,1-3H3,(H,34,35). The highest BCUT2D eigenvalue weighted by Crippen LogP contribution is 2.31. The van der Waals surface area contributed by atoms with Crippen LogP contribution in [0, 0.1) is 12.7 Å². The van der Waals surface area contributed by atoms with Crippen LogP contribution in [0.5, 0.6) is 0 Å². The number of carbonyl (C=O) groups is 1. The van der Waals surface area contributed by atoms with Crippen LogP contribution in [0.25, 0.3) is 10.9 Å². The Morgan fingerprint density at radius 1 is 1.11 bits per heavy atom. The molecule has 3 aromatic carbocycles. The number of aromatic nitrogens is 2. The average molecular weight is 473 g/mol. The van der Waals surface area contributed by atoms with Crippen LogP contribution in [-0.2, 0) is 20.1 Å². The molecule has 0 saturated carbocycles. The van der Waals surface area contributed by atoms with E-state index in [2.05, 4.69) is 5.32 Å². The quantitative estimate of drug-likeness (QED) is 0.435. The van der Waals surface area contributed by atoms with E-state index in [0.29, 0.717) is 35.6 Å². The van der Waals surface area contributed by atoms with Gasteiger partial charge in [-0.15, -0.1) is 0 Å². The fourth-order valence-corrected chi connectivity index (χ4v) is 4.77. The van der Waals surface area contributed by atoms with Crippen molar-refractivity contribution in [3.63, 3.8) is 0 Å². The number of fused-ring (bicyclic) bond motifs is 2. The largest absolute Gasteiger partial charge is 0.478 e. The summed E-state index contributed by atoms with van der Waals surface area (Å²) in [5, 5.41) is 13.3. The van der Waals surface area contributed by atoms with Crippen molar-refractivity contribution in [3.8, 4) is 0 Å². The van der Waals surface area contributed by atoms with Crippen molar-refractivity contribution in [2.75, 3.05) is 10.2 Å². The van der Waals surface area contributed by atoms with E-state index in [9.17, 15) is 19.1 Å². The highest BCUT2D eigenvalue weighted by Gasteiger charge is 2.25. The summed E-state index contributed by atoms with van der Waals surface area (Å²) in [4.78, 5) is 32.0. The van der Waals surface area contributed by atoms with Crippen molar-refractivity contribution in [2.45, 2.75) is 33.0 Å². The van der Waals surface area contributed by atoms with Gasteiger partial charge in [-0.1, -0.05) is 24.3 Å². The van der Waals surface area contributed by atoms with Crippen LogP contribution in [0.2, 0.25) is 0 Å². The van der Waals surface area contributed by atoms with Gasteiger partial charge in [0.25, 0.3) is 5.56 Å². The van der Waals surface area contributed by atoms with Crippen molar-refractivity contribution >= 4 is 28.5 Å². The van der Waals surface area contributed by atoms with Crippen LogP contribution in [-0.4, -0.2) is 20.6 Å². The van der Waals surface area contributed by atoms with Gasteiger partial charge in [0.15, 0.2) is 0 Å². The van der Waals surface area contributed by atoms with Gasteiger partial charge in [-0.2, -0.15) is 0 Å². The highest BCUT2D eigenvalue weighted by molar-refractivity contribution is 5.94. The number of nitrogens with one attached hydrogen (secondary N) is 1. The second-order valence-electron chi connectivity index (χ2n) is 9.01. The topological polar surface area (TPSA) is 87.5 Å². The number of halogens is 1. The number of hydrogen-bond acceptors (Lipinski definition) is 5. The third kappa shape index (κ3) is 4.01. The first-order chi connectivity index (χ1) is 16.7. The van der Waals surface area contributed by atoms with Crippen molar-refractivity contribution < 1.29 is 14.3 Å². The number of hydrogen-bond donors (Lipinski definition) is 2. The Kier molecular flexibility index (Phi) is 5.51. The SMILES string of the molecule is Cc1cc(C(C)Nc2ccccc2C(=O)O)c2nc(N3Cc4ccc(F)cc4C3)n(C)c(=O)c2c1. The summed E-state index contributed by atoms with van der Waals surface area (Å²) in [5.74, 6) is -0.804. The van der Waals surface area contributed by atoms with Gasteiger partial charge in [0.1, 0.15) is 5.82 Å². The Hall–Kier alpha value is -4.20. The minimum Gasteiger partial charge on any atom is -0.478 e. The number of rotatable bonds is 5. The Balaban J connectivity index is 1.60. The minimum atomic E-state index is -1.02. The summed E-state index contributed by atoms with van der Waals surface area (Å²) in [6, 6.07) is 14.9. The fourth-order valence-electron chi connectivity index (χ4n) is 4.77. The van der Waals surface area contributed by atoms with E-state index in [0.717, 1.165) is 22.3 Å². The minimum absolute atomic E-state index is 0.169. The highest BCUT2D eigenvalue weighted by atomic mass is 19.1. The zero-order valence-corrected chi connectivity index (χ0v) is 19.7. The van der Waals surface area contributed by atoms with Gasteiger partial charge in [-0.3, -0.25) is 9.36 Å². The predicted molar refractivity (Wildman–Crippen MR) is 133 cm³/mol. The summed E-state index contributed by atoms with van der Waals surface area (Å²) >= 11 is 0. The third-order valence-electron chi connectivity index (χ3n) is 6.50. The van der Waals surface area contributed by atoms with Gasteiger partial charge < -0.3 is 15.3 Å². The Morgan fingerprint density at radius 3 is 2.63 bits per heavy atom. The molecule has 0 aliphatic carbocycles. The van der Waals surface area contributed by atoms with E-state index in [1.165, 1.54) is 16.7 Å². The van der Waals surface area contributed by atoms with Crippen LogP contribution >= 0.6 is 0 Å². The second kappa shape index (κ2) is 8.54. The fraction of sp³-hybridized carbons (Fsp3) is 0.222. The Labute approximate surface area is 201 Å². The Bertz CT molecular complexity index is 1550. The molecule has 1 aromatic heterocycles. The van der Waals surface area contributed by atoms with Crippen LogP contribution in [0.4, 0.5) is 16.0 Å². The first-order valence-electron chi connectivity index (χ1n) is 11.4. The number of carboxylic acid groups (broad SMARTS) is 1. The van der Waals surface area contributed by atoms with Crippen molar-refractivity contribution in [2.24, 2.45) is 7.05 Å². The maximum atomic E-state index is 13.7. The van der Waals surface area contributed by atoms with E-state index in [1.807, 2.05) is 30.9 Å². The molecule has 8 heteroatoms. The number of carboxylic acids is 1. The summed E-state index contributed by atoms with van der Waals surface area (Å²) in [6.07, 6.45) is 0. The third-order valence-corrected chi connectivity index (χ3v) is 6.50. The van der Waals surface area contributed by atoms with Crippen LogP contribution in [0.15, 0.2) is 59.4 Å². The predicted octanol–water partition coefficient (Wildman–Crippen LogP) is 4.77. The zero-order valence-electron chi connectivity index (χ0n) is 19.7.